The Labute approximate surface area is 681 Å². The van der Waals surface area contributed by atoms with E-state index in [-0.39, 0.29) is 57.7 Å². The Morgan fingerprint density at radius 3 is 0.836 bits per heavy atom. The number of aliphatic imine (C=N–C) groups is 4. The maximum absolute atomic E-state index is 6.67. The Balaban J connectivity index is 0.000000157. The molecular weight excluding hydrogens is 1430 g/mol. The molecule has 12 aromatic rings. The first-order valence-electron chi connectivity index (χ1n) is 40.3. The first-order chi connectivity index (χ1) is 55.3. The van der Waals surface area contributed by atoms with Gasteiger partial charge in [-0.2, -0.15) is 0 Å². The number of anilines is 4. The third kappa shape index (κ3) is 11.4. The lowest BCUT2D eigenvalue weighted by Gasteiger charge is -2.41. The van der Waals surface area contributed by atoms with Gasteiger partial charge in [0.1, 0.15) is 80.7 Å². The fourth-order valence-corrected chi connectivity index (χ4v) is 18.3. The highest BCUT2D eigenvalue weighted by Crippen LogP contribution is 2.48. The van der Waals surface area contributed by atoms with Crippen molar-refractivity contribution >= 4 is 92.6 Å². The van der Waals surface area contributed by atoms with Crippen LogP contribution in [-0.4, -0.2) is 101 Å². The number of fused-ring (bicyclic) bond motifs is 8. The third-order valence-corrected chi connectivity index (χ3v) is 27.0. The summed E-state index contributed by atoms with van der Waals surface area (Å²) in [4.78, 5) is 49.4. The van der Waals surface area contributed by atoms with E-state index < -0.39 is 0 Å². The van der Waals surface area contributed by atoms with E-state index in [0.717, 1.165) is 181 Å². The molecule has 0 N–H and O–H groups in total. The molecule has 0 aliphatic carbocycles. The molecule has 0 bridgehead atoms. The SMILES string of the molecule is CC1(C)N=C(c2cc(-c3ccc4c(c3)B3c5cc(-c6ccnc(C7=NC(C)(C)C(C)(C)N7c7ccccc7)c6)ccc5Oc5cccc(c53)O4)ccn2)N(c2ccccc2)C1(C)C.CC1=NC(C)(C)C(C)(C)N1c1cc(-c2ccc3c(c2)B2c4cc(-c5ccnc(N6C(C)=NC(C)(C)C6(C)C)c5)ccc4Oc4cccc(c42)O3)ccn1. The minimum absolute atomic E-state index is 0.0865. The molecule has 116 heavy (non-hydrogen) atoms. The van der Waals surface area contributed by atoms with Gasteiger partial charge in [0.25, 0.3) is 13.4 Å². The van der Waals surface area contributed by atoms with Crippen molar-refractivity contribution in [1.29, 1.82) is 0 Å². The second-order valence-electron chi connectivity index (χ2n) is 36.0. The molecule has 0 atom stereocenters. The zero-order valence-electron chi connectivity index (χ0n) is 69.2. The molecule has 4 aromatic heterocycles. The highest BCUT2D eigenvalue weighted by Gasteiger charge is 2.54. The second kappa shape index (κ2) is 26.0. The molecule has 8 aromatic carbocycles. The third-order valence-electron chi connectivity index (χ3n) is 27.0. The zero-order valence-corrected chi connectivity index (χ0v) is 69.2. The highest BCUT2D eigenvalue weighted by atomic mass is 16.5. The van der Waals surface area contributed by atoms with Gasteiger partial charge in [0.15, 0.2) is 11.7 Å². The summed E-state index contributed by atoms with van der Waals surface area (Å²) >= 11 is 0. The number of pyridine rings is 4. The van der Waals surface area contributed by atoms with Gasteiger partial charge in [-0.05, 0) is 312 Å². The molecule has 18 heteroatoms. The average molecular weight is 1530 g/mol. The standard InChI is InChI=1S/C54H49BN6O2.C44H45BN6O2/c1-51(2)53(5,6)60(38-16-11-9-12-17-38)49(58-51)42-32-36(26-28-56-42)34-22-24-44-40(30-34)55-41-31-35(23-25-45(41)63-47-21-15-20-46(62-44)48(47)55)37-27-29-57-43(33-37)50-59-52(3,4)54(7,8)61(50)39-18-13-10-14-19-39;1-26-48-41(3,4)43(7,8)50(26)38-24-30(18-20-46-38)28-14-16-34-32(22-28)45-33-23-29(15-17-35(33)53-37-13-11-12-36(52-34)40(37)45)31-19-21-47-39(25-31)51-27(2)49-42(5,6)44(51,9)10/h9-33H,1-8H3;11-25H,1-10H3. The highest BCUT2D eigenvalue weighted by molar-refractivity contribution is 6.99. The minimum Gasteiger partial charge on any atom is -0.458 e. The summed E-state index contributed by atoms with van der Waals surface area (Å²) in [5.41, 5.74) is 16.7. The number of benzene rings is 8. The summed E-state index contributed by atoms with van der Waals surface area (Å²) in [6, 6.07) is 76.3. The smallest absolute Gasteiger partial charge is 0.260 e. The predicted octanol–water partition coefficient (Wildman–Crippen LogP) is 18.3. The number of ether oxygens (including phenoxy) is 4. The molecule has 0 fully saturated rings. The molecule has 12 heterocycles. The van der Waals surface area contributed by atoms with Crippen LogP contribution in [-0.2, 0) is 0 Å². The van der Waals surface area contributed by atoms with Crippen LogP contribution in [0.5, 0.6) is 46.0 Å². The zero-order chi connectivity index (χ0) is 80.7. The van der Waals surface area contributed by atoms with Crippen LogP contribution in [0.1, 0.15) is 136 Å². The summed E-state index contributed by atoms with van der Waals surface area (Å²) in [5.74, 6) is 12.1. The van der Waals surface area contributed by atoms with Crippen molar-refractivity contribution in [2.24, 2.45) is 20.0 Å². The van der Waals surface area contributed by atoms with E-state index in [1.165, 1.54) is 0 Å². The van der Waals surface area contributed by atoms with Gasteiger partial charge in [-0.3, -0.25) is 29.9 Å². The normalized spacial score (nSPS) is 18.7. The lowest BCUT2D eigenvalue weighted by atomic mass is 9.34. The summed E-state index contributed by atoms with van der Waals surface area (Å²) in [7, 11) is 0. The van der Waals surface area contributed by atoms with Crippen molar-refractivity contribution in [2.45, 2.75) is 169 Å². The summed E-state index contributed by atoms with van der Waals surface area (Å²) in [5, 5.41) is 0. The Morgan fingerprint density at radius 1 is 0.259 bits per heavy atom. The Morgan fingerprint density at radius 2 is 0.534 bits per heavy atom. The average Bonchev–Trinajstić information content (AvgIpc) is 1.64. The van der Waals surface area contributed by atoms with Gasteiger partial charge in [0.2, 0.25) is 0 Å². The Bertz CT molecular complexity index is 5860. The Kier molecular flexibility index (Phi) is 16.6. The minimum atomic E-state index is -0.349. The van der Waals surface area contributed by atoms with Crippen LogP contribution in [0.4, 0.5) is 23.0 Å². The maximum atomic E-state index is 6.67. The fourth-order valence-electron chi connectivity index (χ4n) is 18.3. The van der Waals surface area contributed by atoms with E-state index in [9.17, 15) is 0 Å². The van der Waals surface area contributed by atoms with Crippen molar-refractivity contribution in [2.75, 3.05) is 19.6 Å². The molecule has 8 aliphatic rings. The molecular formula is C98H94B2N12O4. The number of hydrogen-bond donors (Lipinski definition) is 0. The number of rotatable bonds is 10. The molecule has 16 nitrogen and oxygen atoms in total. The molecule has 576 valence electrons. The Hall–Kier alpha value is -12.4. The second-order valence-corrected chi connectivity index (χ2v) is 36.0. The maximum Gasteiger partial charge on any atom is 0.260 e. The molecule has 0 unspecified atom stereocenters. The largest absolute Gasteiger partial charge is 0.458 e. The van der Waals surface area contributed by atoms with Crippen molar-refractivity contribution in [3.8, 4) is 90.5 Å². The molecule has 0 saturated heterocycles. The number of para-hydroxylation sites is 2. The number of nitrogens with zero attached hydrogens (tertiary/aromatic N) is 12. The van der Waals surface area contributed by atoms with Gasteiger partial charge >= 0.3 is 0 Å². The lowest BCUT2D eigenvalue weighted by Crippen LogP contribution is -2.57. The van der Waals surface area contributed by atoms with Crippen LogP contribution in [0.25, 0.3) is 44.5 Å². The topological polar surface area (TPSA) is 151 Å². The van der Waals surface area contributed by atoms with Gasteiger partial charge in [-0.1, -0.05) is 97.1 Å². The van der Waals surface area contributed by atoms with Crippen LogP contribution in [0.2, 0.25) is 0 Å². The monoisotopic (exact) mass is 1520 g/mol. The van der Waals surface area contributed by atoms with Crippen LogP contribution < -0.4 is 71.3 Å². The molecule has 8 aliphatic heterocycles. The van der Waals surface area contributed by atoms with Crippen LogP contribution in [0, 0.1) is 0 Å². The molecule has 20 rings (SSSR count). The van der Waals surface area contributed by atoms with Crippen LogP contribution in [0.15, 0.2) is 263 Å². The van der Waals surface area contributed by atoms with E-state index >= 15 is 0 Å². The number of aromatic nitrogens is 4. The van der Waals surface area contributed by atoms with Crippen molar-refractivity contribution in [3.05, 3.63) is 255 Å². The van der Waals surface area contributed by atoms with E-state index in [0.29, 0.717) is 0 Å². The molecule has 0 radical (unpaired) electrons. The van der Waals surface area contributed by atoms with Crippen LogP contribution in [0.3, 0.4) is 0 Å². The van der Waals surface area contributed by atoms with E-state index in [4.69, 9.17) is 58.9 Å². The lowest BCUT2D eigenvalue weighted by molar-refractivity contribution is 0.337. The van der Waals surface area contributed by atoms with Gasteiger partial charge < -0.3 is 38.5 Å². The van der Waals surface area contributed by atoms with E-state index in [1.807, 2.05) is 61.2 Å². The van der Waals surface area contributed by atoms with Gasteiger partial charge in [-0.25, -0.2) is 9.97 Å². The predicted molar refractivity (Wildman–Crippen MR) is 476 cm³/mol. The van der Waals surface area contributed by atoms with Crippen molar-refractivity contribution in [1.82, 2.24) is 19.9 Å². The van der Waals surface area contributed by atoms with Crippen LogP contribution >= 0.6 is 0 Å². The van der Waals surface area contributed by atoms with Crippen molar-refractivity contribution in [3.63, 3.8) is 0 Å². The summed E-state index contributed by atoms with van der Waals surface area (Å²) in [6.07, 6.45) is 7.60. The quantitative estimate of drug-likeness (QED) is 0.120. The van der Waals surface area contributed by atoms with Gasteiger partial charge in [0.05, 0.1) is 44.3 Å². The van der Waals surface area contributed by atoms with Gasteiger partial charge in [-0.15, -0.1) is 0 Å². The summed E-state index contributed by atoms with van der Waals surface area (Å²) in [6.45, 7) is 39.4. The first-order valence-corrected chi connectivity index (χ1v) is 40.3. The summed E-state index contributed by atoms with van der Waals surface area (Å²) < 4.78 is 26.5. The first kappa shape index (κ1) is 73.7. The number of amidine groups is 4. The van der Waals surface area contributed by atoms with E-state index in [2.05, 4.69) is 326 Å². The number of hydrogen-bond acceptors (Lipinski definition) is 16. The van der Waals surface area contributed by atoms with E-state index in [1.54, 1.807) is 0 Å². The van der Waals surface area contributed by atoms with Crippen molar-refractivity contribution < 1.29 is 18.9 Å². The molecule has 0 spiro atoms. The fraction of sp³-hybridized carbons (Fsp3) is 0.265. The molecule has 0 saturated carbocycles. The van der Waals surface area contributed by atoms with Gasteiger partial charge in [0, 0.05) is 47.1 Å². The molecule has 0 amide bonds.